The topological polar surface area (TPSA) is 50.4 Å². The Balaban J connectivity index is 0.00000242. The summed E-state index contributed by atoms with van der Waals surface area (Å²) in [6.07, 6.45) is 0.982. The molecule has 0 bridgehead atoms. The molecule has 124 valence electrons. The third kappa shape index (κ3) is 5.50. The fraction of sp³-hybridized carbons (Fsp3) is 0.588. The average Bonchev–Trinajstić information content (AvgIpc) is 2.48. The van der Waals surface area contributed by atoms with E-state index in [2.05, 4.69) is 37.5 Å². The molecule has 0 aliphatic carbocycles. The molecular formula is C17H27ClN2O2. The summed E-state index contributed by atoms with van der Waals surface area (Å²) in [5.41, 5.74) is 1.22. The second kappa shape index (κ2) is 9.01. The third-order valence-corrected chi connectivity index (χ3v) is 4.03. The number of carbonyl (C=O) groups excluding carboxylic acids is 1. The van der Waals surface area contributed by atoms with Gasteiger partial charge in [0, 0.05) is 6.04 Å². The Bertz CT molecular complexity index is 479. The van der Waals surface area contributed by atoms with Gasteiger partial charge in [0.25, 0.3) is 5.91 Å². The van der Waals surface area contributed by atoms with Gasteiger partial charge in [-0.05, 0) is 49.0 Å². The third-order valence-electron chi connectivity index (χ3n) is 4.03. The van der Waals surface area contributed by atoms with Crippen LogP contribution in [0, 0.1) is 5.92 Å². The minimum absolute atomic E-state index is 0. The Labute approximate surface area is 139 Å². The number of hydrogen-bond donors (Lipinski definition) is 2. The zero-order chi connectivity index (χ0) is 15.2. The van der Waals surface area contributed by atoms with E-state index in [1.807, 2.05) is 18.2 Å². The molecule has 1 aliphatic heterocycles. The van der Waals surface area contributed by atoms with Crippen LogP contribution in [-0.2, 0) is 4.79 Å². The van der Waals surface area contributed by atoms with E-state index < -0.39 is 0 Å². The molecule has 2 unspecified atom stereocenters. The van der Waals surface area contributed by atoms with E-state index in [0.717, 1.165) is 25.3 Å². The lowest BCUT2D eigenvalue weighted by atomic mass is 9.95. The standard InChI is InChI=1S/C17H26N2O2.ClH/c1-12(2)14-5-4-6-15(9-14)21-11-17(20)19-16-7-8-18-10-13(16)3;/h4-6,9,12-13,16,18H,7-8,10-11H2,1-3H3,(H,19,20);1H. The molecule has 1 saturated heterocycles. The summed E-state index contributed by atoms with van der Waals surface area (Å²) in [6, 6.07) is 8.20. The van der Waals surface area contributed by atoms with Crippen LogP contribution in [0.2, 0.25) is 0 Å². The van der Waals surface area contributed by atoms with Crippen molar-refractivity contribution in [3.8, 4) is 5.75 Å². The number of rotatable bonds is 5. The van der Waals surface area contributed by atoms with Gasteiger partial charge in [0.05, 0.1) is 0 Å². The number of ether oxygens (including phenoxy) is 1. The molecule has 1 aliphatic rings. The van der Waals surface area contributed by atoms with E-state index in [9.17, 15) is 4.79 Å². The molecule has 4 nitrogen and oxygen atoms in total. The molecule has 0 spiro atoms. The Morgan fingerprint density at radius 1 is 1.45 bits per heavy atom. The highest BCUT2D eigenvalue weighted by atomic mass is 35.5. The van der Waals surface area contributed by atoms with Gasteiger partial charge in [-0.25, -0.2) is 0 Å². The van der Waals surface area contributed by atoms with Crippen LogP contribution in [0.1, 0.15) is 38.7 Å². The molecule has 2 atom stereocenters. The van der Waals surface area contributed by atoms with Gasteiger partial charge in [0.15, 0.2) is 6.61 Å². The van der Waals surface area contributed by atoms with Crippen LogP contribution in [0.25, 0.3) is 0 Å². The number of nitrogens with one attached hydrogen (secondary N) is 2. The van der Waals surface area contributed by atoms with Crippen LogP contribution in [0.4, 0.5) is 0 Å². The average molecular weight is 327 g/mol. The lowest BCUT2D eigenvalue weighted by Crippen LogP contribution is -2.49. The molecule has 2 rings (SSSR count). The van der Waals surface area contributed by atoms with Crippen LogP contribution < -0.4 is 15.4 Å². The number of carbonyl (C=O) groups is 1. The summed E-state index contributed by atoms with van der Waals surface area (Å²) in [5, 5.41) is 6.40. The maximum atomic E-state index is 12.0. The lowest BCUT2D eigenvalue weighted by molar-refractivity contribution is -0.124. The minimum Gasteiger partial charge on any atom is -0.484 e. The highest BCUT2D eigenvalue weighted by Gasteiger charge is 2.22. The van der Waals surface area contributed by atoms with E-state index in [4.69, 9.17) is 4.74 Å². The predicted molar refractivity (Wildman–Crippen MR) is 91.9 cm³/mol. The normalized spacial score (nSPS) is 21.1. The van der Waals surface area contributed by atoms with Crippen molar-refractivity contribution in [2.75, 3.05) is 19.7 Å². The van der Waals surface area contributed by atoms with Crippen molar-refractivity contribution in [1.82, 2.24) is 10.6 Å². The van der Waals surface area contributed by atoms with Gasteiger partial charge in [-0.15, -0.1) is 12.4 Å². The van der Waals surface area contributed by atoms with Gasteiger partial charge in [-0.1, -0.05) is 32.9 Å². The van der Waals surface area contributed by atoms with E-state index in [1.165, 1.54) is 5.56 Å². The van der Waals surface area contributed by atoms with Crippen molar-refractivity contribution in [3.63, 3.8) is 0 Å². The first kappa shape index (κ1) is 18.8. The van der Waals surface area contributed by atoms with Crippen molar-refractivity contribution >= 4 is 18.3 Å². The van der Waals surface area contributed by atoms with Crippen molar-refractivity contribution < 1.29 is 9.53 Å². The van der Waals surface area contributed by atoms with Crippen LogP contribution >= 0.6 is 12.4 Å². The molecule has 0 aromatic heterocycles. The summed E-state index contributed by atoms with van der Waals surface area (Å²) in [6.45, 7) is 8.45. The van der Waals surface area contributed by atoms with Crippen LogP contribution in [0.3, 0.4) is 0 Å². The van der Waals surface area contributed by atoms with Crippen LogP contribution in [-0.4, -0.2) is 31.6 Å². The first-order chi connectivity index (χ1) is 10.1. The monoisotopic (exact) mass is 326 g/mol. The molecule has 1 heterocycles. The molecule has 1 aromatic carbocycles. The number of halogens is 1. The zero-order valence-corrected chi connectivity index (χ0v) is 14.4. The van der Waals surface area contributed by atoms with E-state index in [0.29, 0.717) is 11.8 Å². The SMILES string of the molecule is CC(C)c1cccc(OCC(=O)NC2CCNCC2C)c1.Cl. The summed E-state index contributed by atoms with van der Waals surface area (Å²) in [7, 11) is 0. The predicted octanol–water partition coefficient (Wildman–Crippen LogP) is 2.72. The van der Waals surface area contributed by atoms with Gasteiger partial charge in [0.1, 0.15) is 5.75 Å². The van der Waals surface area contributed by atoms with Crippen molar-refractivity contribution in [2.24, 2.45) is 5.92 Å². The molecule has 1 aromatic rings. The second-order valence-electron chi connectivity index (χ2n) is 6.16. The largest absolute Gasteiger partial charge is 0.484 e. The number of hydrogen-bond acceptors (Lipinski definition) is 3. The summed E-state index contributed by atoms with van der Waals surface area (Å²) < 4.78 is 5.61. The van der Waals surface area contributed by atoms with Crippen molar-refractivity contribution in [2.45, 2.75) is 39.2 Å². The maximum Gasteiger partial charge on any atom is 0.258 e. The molecule has 1 amide bonds. The number of amides is 1. The molecule has 0 saturated carbocycles. The van der Waals surface area contributed by atoms with Gasteiger partial charge in [-0.3, -0.25) is 4.79 Å². The fourth-order valence-electron chi connectivity index (χ4n) is 2.59. The summed E-state index contributed by atoms with van der Waals surface area (Å²) in [4.78, 5) is 12.0. The summed E-state index contributed by atoms with van der Waals surface area (Å²) >= 11 is 0. The Morgan fingerprint density at radius 3 is 2.91 bits per heavy atom. The van der Waals surface area contributed by atoms with E-state index >= 15 is 0 Å². The van der Waals surface area contributed by atoms with Crippen molar-refractivity contribution in [3.05, 3.63) is 29.8 Å². The summed E-state index contributed by atoms with van der Waals surface area (Å²) in [5.74, 6) is 1.64. The molecule has 5 heteroatoms. The molecular weight excluding hydrogens is 300 g/mol. The molecule has 0 radical (unpaired) electrons. The highest BCUT2D eigenvalue weighted by molar-refractivity contribution is 5.85. The van der Waals surface area contributed by atoms with Gasteiger partial charge in [0.2, 0.25) is 0 Å². The van der Waals surface area contributed by atoms with Crippen LogP contribution in [0.5, 0.6) is 5.75 Å². The number of benzene rings is 1. The smallest absolute Gasteiger partial charge is 0.258 e. The maximum absolute atomic E-state index is 12.0. The van der Waals surface area contributed by atoms with Gasteiger partial charge >= 0.3 is 0 Å². The number of piperidine rings is 1. The Kier molecular flexibility index (Phi) is 7.69. The van der Waals surface area contributed by atoms with E-state index in [-0.39, 0.29) is 31.0 Å². The van der Waals surface area contributed by atoms with Gasteiger partial charge in [-0.2, -0.15) is 0 Å². The first-order valence-corrected chi connectivity index (χ1v) is 7.79. The van der Waals surface area contributed by atoms with E-state index in [1.54, 1.807) is 0 Å². The Morgan fingerprint density at radius 2 is 2.23 bits per heavy atom. The first-order valence-electron chi connectivity index (χ1n) is 7.79. The minimum atomic E-state index is -0.0382. The lowest BCUT2D eigenvalue weighted by Gasteiger charge is -2.30. The van der Waals surface area contributed by atoms with Crippen molar-refractivity contribution in [1.29, 1.82) is 0 Å². The quantitative estimate of drug-likeness (QED) is 0.874. The second-order valence-corrected chi connectivity index (χ2v) is 6.16. The molecule has 2 N–H and O–H groups in total. The molecule has 22 heavy (non-hydrogen) atoms. The Hall–Kier alpha value is -1.26. The fourth-order valence-corrected chi connectivity index (χ4v) is 2.59. The van der Waals surface area contributed by atoms with Gasteiger partial charge < -0.3 is 15.4 Å². The molecule has 1 fully saturated rings. The zero-order valence-electron chi connectivity index (χ0n) is 13.6. The van der Waals surface area contributed by atoms with Crippen LogP contribution in [0.15, 0.2) is 24.3 Å². The highest BCUT2D eigenvalue weighted by Crippen LogP contribution is 2.20.